The van der Waals surface area contributed by atoms with Crippen LogP contribution < -0.4 is 10.0 Å². The molecule has 19 heavy (non-hydrogen) atoms. The largest absolute Gasteiger partial charge is 0.310 e. The minimum absolute atomic E-state index is 0.145. The van der Waals surface area contributed by atoms with E-state index in [4.69, 9.17) is 0 Å². The fourth-order valence-electron chi connectivity index (χ4n) is 1.74. The number of thioether (sulfide) groups is 1. The second kappa shape index (κ2) is 7.89. The van der Waals surface area contributed by atoms with Crippen LogP contribution in [0.5, 0.6) is 0 Å². The zero-order valence-corrected chi connectivity index (χ0v) is 13.3. The summed E-state index contributed by atoms with van der Waals surface area (Å²) in [5, 5.41) is 3.27. The first-order chi connectivity index (χ1) is 9.01. The van der Waals surface area contributed by atoms with Crippen LogP contribution >= 0.6 is 11.8 Å². The summed E-state index contributed by atoms with van der Waals surface area (Å²) < 4.78 is 26.8. The van der Waals surface area contributed by atoms with Gasteiger partial charge in [0.1, 0.15) is 0 Å². The molecule has 108 valence electrons. The molecular weight excluding hydrogens is 280 g/mol. The predicted octanol–water partition coefficient (Wildman–Crippen LogP) is 2.00. The van der Waals surface area contributed by atoms with Crippen molar-refractivity contribution in [1.29, 1.82) is 0 Å². The summed E-state index contributed by atoms with van der Waals surface area (Å²) in [6.45, 7) is 5.36. The Bertz CT molecular complexity index is 489. The number of hydrogen-bond donors (Lipinski definition) is 2. The second-order valence-electron chi connectivity index (χ2n) is 4.24. The normalized spacial score (nSPS) is 13.4. The topological polar surface area (TPSA) is 58.2 Å². The summed E-state index contributed by atoms with van der Waals surface area (Å²) in [5.74, 6) is 0.771. The molecule has 0 aliphatic rings. The lowest BCUT2D eigenvalue weighted by atomic mass is 10.1. The van der Waals surface area contributed by atoms with Gasteiger partial charge in [-0.15, -0.1) is 0 Å². The quantitative estimate of drug-likeness (QED) is 0.721. The van der Waals surface area contributed by atoms with Crippen LogP contribution in [0.4, 0.5) is 0 Å². The molecule has 0 aromatic heterocycles. The van der Waals surface area contributed by atoms with Crippen molar-refractivity contribution < 1.29 is 8.42 Å². The smallest absolute Gasteiger partial charge is 0.240 e. The molecule has 1 rings (SSSR count). The highest BCUT2D eigenvalue weighted by atomic mass is 32.2. The first-order valence-electron chi connectivity index (χ1n) is 6.33. The summed E-state index contributed by atoms with van der Waals surface area (Å²) in [6.07, 6.45) is 1.95. The summed E-state index contributed by atoms with van der Waals surface area (Å²) in [7, 11) is -3.39. The van der Waals surface area contributed by atoms with Crippen molar-refractivity contribution in [3.05, 3.63) is 29.8 Å². The van der Waals surface area contributed by atoms with Crippen LogP contribution in [0.2, 0.25) is 0 Å². The van der Waals surface area contributed by atoms with Gasteiger partial charge in [-0.2, -0.15) is 11.8 Å². The van der Waals surface area contributed by atoms with E-state index in [9.17, 15) is 8.42 Å². The lowest BCUT2D eigenvalue weighted by Crippen LogP contribution is -2.26. The molecule has 0 saturated heterocycles. The van der Waals surface area contributed by atoms with Crippen molar-refractivity contribution in [3.8, 4) is 0 Å². The number of nitrogens with one attached hydrogen (secondary N) is 2. The Kier molecular flexibility index (Phi) is 6.85. The van der Waals surface area contributed by atoms with E-state index in [1.165, 1.54) is 0 Å². The molecule has 0 heterocycles. The molecule has 1 unspecified atom stereocenters. The van der Waals surface area contributed by atoms with Gasteiger partial charge in [-0.1, -0.05) is 19.1 Å². The van der Waals surface area contributed by atoms with Gasteiger partial charge in [0.05, 0.1) is 4.90 Å². The van der Waals surface area contributed by atoms with E-state index in [1.54, 1.807) is 30.0 Å². The Morgan fingerprint density at radius 2 is 2.11 bits per heavy atom. The number of sulfonamides is 1. The zero-order chi connectivity index (χ0) is 14.3. The summed E-state index contributed by atoms with van der Waals surface area (Å²) in [5.41, 5.74) is 0.981. The highest BCUT2D eigenvalue weighted by Gasteiger charge is 2.14. The molecule has 0 aliphatic carbocycles. The van der Waals surface area contributed by atoms with Crippen molar-refractivity contribution in [2.45, 2.75) is 24.8 Å². The number of benzene rings is 1. The van der Waals surface area contributed by atoms with Crippen molar-refractivity contribution in [1.82, 2.24) is 10.0 Å². The highest BCUT2D eigenvalue weighted by molar-refractivity contribution is 7.98. The van der Waals surface area contributed by atoms with Gasteiger partial charge in [0.25, 0.3) is 0 Å². The van der Waals surface area contributed by atoms with Crippen LogP contribution in [-0.4, -0.2) is 33.5 Å². The van der Waals surface area contributed by atoms with Crippen molar-refractivity contribution in [3.63, 3.8) is 0 Å². The van der Waals surface area contributed by atoms with Gasteiger partial charge < -0.3 is 5.32 Å². The van der Waals surface area contributed by atoms with Crippen LogP contribution in [0.25, 0.3) is 0 Å². The van der Waals surface area contributed by atoms with E-state index in [-0.39, 0.29) is 6.04 Å². The summed E-state index contributed by atoms with van der Waals surface area (Å²) in [6, 6.07) is 7.23. The van der Waals surface area contributed by atoms with Gasteiger partial charge in [0.15, 0.2) is 0 Å². The molecule has 1 aromatic rings. The third-order valence-electron chi connectivity index (χ3n) is 2.78. The van der Waals surface area contributed by atoms with Gasteiger partial charge in [-0.25, -0.2) is 13.1 Å². The molecular formula is C13H22N2O2S2. The molecule has 6 heteroatoms. The molecule has 0 aliphatic heterocycles. The molecule has 2 N–H and O–H groups in total. The Morgan fingerprint density at radius 1 is 1.37 bits per heavy atom. The van der Waals surface area contributed by atoms with E-state index >= 15 is 0 Å². The second-order valence-corrected chi connectivity index (χ2v) is 6.99. The van der Waals surface area contributed by atoms with Crippen molar-refractivity contribution >= 4 is 21.8 Å². The van der Waals surface area contributed by atoms with E-state index in [2.05, 4.69) is 10.0 Å². The SMILES string of the molecule is CCNC(C)c1cccc(S(=O)(=O)NCCSC)c1. The Morgan fingerprint density at radius 3 is 2.74 bits per heavy atom. The van der Waals surface area contributed by atoms with Gasteiger partial charge in [0, 0.05) is 18.3 Å². The van der Waals surface area contributed by atoms with Gasteiger partial charge >= 0.3 is 0 Å². The monoisotopic (exact) mass is 302 g/mol. The van der Waals surface area contributed by atoms with Crippen LogP contribution in [0.3, 0.4) is 0 Å². The van der Waals surface area contributed by atoms with E-state index in [0.717, 1.165) is 17.9 Å². The van der Waals surface area contributed by atoms with Crippen molar-refractivity contribution in [2.24, 2.45) is 0 Å². The fraction of sp³-hybridized carbons (Fsp3) is 0.538. The van der Waals surface area contributed by atoms with Gasteiger partial charge in [-0.05, 0) is 37.4 Å². The first-order valence-corrected chi connectivity index (χ1v) is 9.21. The lowest BCUT2D eigenvalue weighted by Gasteiger charge is -2.14. The number of hydrogen-bond acceptors (Lipinski definition) is 4. The van der Waals surface area contributed by atoms with E-state index in [1.807, 2.05) is 26.2 Å². The maximum atomic E-state index is 12.1. The number of rotatable bonds is 8. The molecule has 0 radical (unpaired) electrons. The van der Waals surface area contributed by atoms with E-state index < -0.39 is 10.0 Å². The van der Waals surface area contributed by atoms with Gasteiger partial charge in [-0.3, -0.25) is 0 Å². The minimum Gasteiger partial charge on any atom is -0.310 e. The maximum absolute atomic E-state index is 12.1. The van der Waals surface area contributed by atoms with E-state index in [0.29, 0.717) is 11.4 Å². The molecule has 0 amide bonds. The van der Waals surface area contributed by atoms with Gasteiger partial charge in [0.2, 0.25) is 10.0 Å². The summed E-state index contributed by atoms with van der Waals surface area (Å²) >= 11 is 1.62. The van der Waals surface area contributed by atoms with Crippen LogP contribution in [0.1, 0.15) is 25.5 Å². The first kappa shape index (κ1) is 16.5. The molecule has 1 atom stereocenters. The molecule has 4 nitrogen and oxygen atoms in total. The van der Waals surface area contributed by atoms with Crippen LogP contribution in [-0.2, 0) is 10.0 Å². The predicted molar refractivity (Wildman–Crippen MR) is 82.1 cm³/mol. The van der Waals surface area contributed by atoms with Crippen molar-refractivity contribution in [2.75, 3.05) is 25.1 Å². The Labute approximate surface area is 120 Å². The molecule has 0 spiro atoms. The average Bonchev–Trinajstić information content (AvgIpc) is 2.39. The minimum atomic E-state index is -3.39. The average molecular weight is 302 g/mol. The Balaban J connectivity index is 2.86. The molecule has 0 bridgehead atoms. The molecule has 0 fully saturated rings. The highest BCUT2D eigenvalue weighted by Crippen LogP contribution is 2.17. The lowest BCUT2D eigenvalue weighted by molar-refractivity contribution is 0.581. The standard InChI is InChI=1S/C13H22N2O2S2/c1-4-14-11(2)12-6-5-7-13(10-12)19(16,17)15-8-9-18-3/h5-7,10-11,14-15H,4,8-9H2,1-3H3. The third-order valence-corrected chi connectivity index (χ3v) is 4.85. The zero-order valence-electron chi connectivity index (χ0n) is 11.6. The third kappa shape index (κ3) is 5.14. The Hall–Kier alpha value is -0.560. The van der Waals surface area contributed by atoms with Crippen LogP contribution in [0, 0.1) is 0 Å². The summed E-state index contributed by atoms with van der Waals surface area (Å²) in [4.78, 5) is 0.329. The maximum Gasteiger partial charge on any atom is 0.240 e. The molecule has 0 saturated carbocycles. The molecule has 1 aromatic carbocycles. The van der Waals surface area contributed by atoms with Crippen LogP contribution in [0.15, 0.2) is 29.2 Å². The fourth-order valence-corrected chi connectivity index (χ4v) is 3.26.